The topological polar surface area (TPSA) is 58.1 Å². The summed E-state index contributed by atoms with van der Waals surface area (Å²) in [5, 5.41) is 12.3. The molecule has 140 valence electrons. The van der Waals surface area contributed by atoms with E-state index in [2.05, 4.69) is 41.5 Å². The van der Waals surface area contributed by atoms with E-state index in [1.807, 2.05) is 43.4 Å². The Morgan fingerprint density at radius 1 is 1.11 bits per heavy atom. The van der Waals surface area contributed by atoms with Crippen LogP contribution < -0.4 is 5.32 Å². The van der Waals surface area contributed by atoms with Gasteiger partial charge >= 0.3 is 0 Å². The smallest absolute Gasteiger partial charge is 0.233 e. The second-order valence-electron chi connectivity index (χ2n) is 6.33. The molecule has 0 saturated carbocycles. The number of nitrogens with zero attached hydrogens (tertiary/aromatic N) is 3. The monoisotopic (exact) mass is 398 g/mol. The van der Waals surface area contributed by atoms with Crippen molar-refractivity contribution in [3.05, 3.63) is 65.2 Å². The summed E-state index contributed by atoms with van der Waals surface area (Å²) in [7, 11) is 1.83. The summed E-state index contributed by atoms with van der Waals surface area (Å²) in [6.07, 6.45) is 0. The average Bonchev–Trinajstić information content (AvgIpc) is 3.11. The third-order valence-corrected chi connectivity index (χ3v) is 6.08. The minimum absolute atomic E-state index is 0.0755. The van der Waals surface area contributed by atoms with Crippen LogP contribution in [0.2, 0.25) is 0 Å². The van der Waals surface area contributed by atoms with Gasteiger partial charge in [-0.15, -0.1) is 10.2 Å². The number of aryl methyl sites for hydroxylation is 2. The molecule has 0 aliphatic rings. The lowest BCUT2D eigenvalue weighted by Crippen LogP contribution is -2.28. The quantitative estimate of drug-likeness (QED) is 0.587. The van der Waals surface area contributed by atoms with Gasteiger partial charge in [0.25, 0.3) is 0 Å². The third kappa shape index (κ3) is 5.55. The van der Waals surface area contributed by atoms with E-state index in [1.54, 1.807) is 4.90 Å². The van der Waals surface area contributed by atoms with E-state index in [-0.39, 0.29) is 5.91 Å². The van der Waals surface area contributed by atoms with Gasteiger partial charge in [-0.1, -0.05) is 65.1 Å². The second-order valence-corrected chi connectivity index (χ2v) is 8.53. The molecule has 1 N–H and O–H groups in total. The third-order valence-electron chi connectivity index (χ3n) is 4.12. The molecule has 0 aliphatic carbocycles. The number of carbonyl (C=O) groups excluding carboxylic acids is 1. The maximum Gasteiger partial charge on any atom is 0.233 e. The van der Waals surface area contributed by atoms with Crippen molar-refractivity contribution >= 4 is 39.8 Å². The van der Waals surface area contributed by atoms with Crippen molar-refractivity contribution in [2.45, 2.75) is 24.7 Å². The van der Waals surface area contributed by atoms with E-state index >= 15 is 0 Å². The molecule has 3 aromatic rings. The Bertz CT molecular complexity index is 908. The van der Waals surface area contributed by atoms with Crippen LogP contribution in [0.1, 0.15) is 16.7 Å². The fourth-order valence-electron chi connectivity index (χ4n) is 2.44. The number of benzene rings is 2. The first-order valence-electron chi connectivity index (χ1n) is 8.60. The Hall–Kier alpha value is -2.38. The lowest BCUT2D eigenvalue weighted by Gasteiger charge is -2.18. The number of carbonyl (C=O) groups is 1. The second kappa shape index (κ2) is 9.01. The van der Waals surface area contributed by atoms with E-state index in [0.29, 0.717) is 12.3 Å². The van der Waals surface area contributed by atoms with Crippen LogP contribution in [0.25, 0.3) is 0 Å². The van der Waals surface area contributed by atoms with Gasteiger partial charge in [-0.2, -0.15) is 0 Å². The first-order valence-corrected chi connectivity index (χ1v) is 10.4. The van der Waals surface area contributed by atoms with Gasteiger partial charge < -0.3 is 10.2 Å². The van der Waals surface area contributed by atoms with Gasteiger partial charge in [0, 0.05) is 19.3 Å². The zero-order valence-electron chi connectivity index (χ0n) is 15.6. The van der Waals surface area contributed by atoms with Gasteiger partial charge in [-0.25, -0.2) is 0 Å². The standard InChI is InChI=1S/C20H22N4OS2/c1-14-8-10-17(11-9-14)21-19-22-23-20(27-19)26-13-18(25)24(3)12-16-7-5-4-6-15(16)2/h4-11H,12-13H2,1-3H3,(H,21,22). The Kier molecular flexibility index (Phi) is 6.47. The molecule has 0 bridgehead atoms. The molecule has 27 heavy (non-hydrogen) atoms. The Morgan fingerprint density at radius 2 is 1.85 bits per heavy atom. The molecule has 1 amide bonds. The number of hydrogen-bond donors (Lipinski definition) is 1. The molecule has 0 fully saturated rings. The van der Waals surface area contributed by atoms with Crippen LogP contribution in [0, 0.1) is 13.8 Å². The molecule has 0 unspecified atom stereocenters. The maximum atomic E-state index is 12.4. The summed E-state index contributed by atoms with van der Waals surface area (Å²) in [5.74, 6) is 0.424. The largest absolute Gasteiger partial charge is 0.341 e. The van der Waals surface area contributed by atoms with Crippen LogP contribution in [0.4, 0.5) is 10.8 Å². The molecule has 1 heterocycles. The molecule has 0 aliphatic heterocycles. The van der Waals surface area contributed by atoms with Gasteiger partial charge in [0.2, 0.25) is 11.0 Å². The number of aromatic nitrogens is 2. The van der Waals surface area contributed by atoms with Gasteiger partial charge in [-0.3, -0.25) is 4.79 Å². The van der Waals surface area contributed by atoms with Crippen molar-refractivity contribution in [2.24, 2.45) is 0 Å². The Balaban J connectivity index is 1.51. The maximum absolute atomic E-state index is 12.4. The highest BCUT2D eigenvalue weighted by Gasteiger charge is 2.13. The number of amides is 1. The Labute approximate surface area is 167 Å². The van der Waals surface area contributed by atoms with Crippen molar-refractivity contribution < 1.29 is 4.79 Å². The fourth-order valence-corrected chi connectivity index (χ4v) is 4.16. The van der Waals surface area contributed by atoms with E-state index in [9.17, 15) is 4.79 Å². The van der Waals surface area contributed by atoms with E-state index in [1.165, 1.54) is 39.8 Å². The number of thioether (sulfide) groups is 1. The van der Waals surface area contributed by atoms with E-state index < -0.39 is 0 Å². The number of hydrogen-bond acceptors (Lipinski definition) is 6. The molecule has 5 nitrogen and oxygen atoms in total. The average molecular weight is 399 g/mol. The molecule has 3 rings (SSSR count). The summed E-state index contributed by atoms with van der Waals surface area (Å²) in [5.41, 5.74) is 4.55. The SMILES string of the molecule is Cc1ccc(Nc2nnc(SCC(=O)N(C)Cc3ccccc3C)s2)cc1. The first-order chi connectivity index (χ1) is 13.0. The first kappa shape index (κ1) is 19.4. The van der Waals surface area contributed by atoms with Crippen LogP contribution >= 0.6 is 23.1 Å². The minimum atomic E-state index is 0.0755. The van der Waals surface area contributed by atoms with Crippen LogP contribution in [-0.4, -0.2) is 33.8 Å². The predicted octanol–water partition coefficient (Wildman–Crippen LogP) is 4.65. The van der Waals surface area contributed by atoms with Gasteiger partial charge in [0.05, 0.1) is 5.75 Å². The van der Waals surface area contributed by atoms with E-state index in [4.69, 9.17) is 0 Å². The lowest BCUT2D eigenvalue weighted by atomic mass is 10.1. The van der Waals surface area contributed by atoms with Crippen molar-refractivity contribution in [1.29, 1.82) is 0 Å². The van der Waals surface area contributed by atoms with Gasteiger partial charge in [0.15, 0.2) is 4.34 Å². The van der Waals surface area contributed by atoms with Crippen LogP contribution in [-0.2, 0) is 11.3 Å². The summed E-state index contributed by atoms with van der Waals surface area (Å²) in [6, 6.07) is 16.2. The predicted molar refractivity (Wildman–Crippen MR) is 113 cm³/mol. The molecule has 2 aromatic carbocycles. The zero-order valence-corrected chi connectivity index (χ0v) is 17.2. The van der Waals surface area contributed by atoms with E-state index in [0.717, 1.165) is 15.2 Å². The highest BCUT2D eigenvalue weighted by molar-refractivity contribution is 8.01. The molecule has 0 saturated heterocycles. The number of rotatable bonds is 7. The highest BCUT2D eigenvalue weighted by Crippen LogP contribution is 2.28. The summed E-state index contributed by atoms with van der Waals surface area (Å²) < 4.78 is 0.780. The zero-order chi connectivity index (χ0) is 19.2. The van der Waals surface area contributed by atoms with Gasteiger partial charge in [-0.05, 0) is 37.1 Å². The van der Waals surface area contributed by atoms with Crippen molar-refractivity contribution in [3.8, 4) is 0 Å². The van der Waals surface area contributed by atoms with Crippen molar-refractivity contribution in [3.63, 3.8) is 0 Å². The molecule has 0 radical (unpaired) electrons. The molecular formula is C20H22N4OS2. The van der Waals surface area contributed by atoms with Crippen LogP contribution in [0.3, 0.4) is 0 Å². The normalized spacial score (nSPS) is 10.6. The Morgan fingerprint density at radius 3 is 2.59 bits per heavy atom. The van der Waals surface area contributed by atoms with Crippen LogP contribution in [0.15, 0.2) is 52.9 Å². The highest BCUT2D eigenvalue weighted by atomic mass is 32.2. The summed E-state index contributed by atoms with van der Waals surface area (Å²) in [4.78, 5) is 14.2. The van der Waals surface area contributed by atoms with Crippen LogP contribution in [0.5, 0.6) is 0 Å². The summed E-state index contributed by atoms with van der Waals surface area (Å²) >= 11 is 2.87. The molecular weight excluding hydrogens is 376 g/mol. The van der Waals surface area contributed by atoms with Gasteiger partial charge in [0.1, 0.15) is 0 Å². The molecule has 0 atom stereocenters. The van der Waals surface area contributed by atoms with Crippen molar-refractivity contribution in [1.82, 2.24) is 15.1 Å². The molecule has 7 heteroatoms. The number of anilines is 2. The molecule has 0 spiro atoms. The summed E-state index contributed by atoms with van der Waals surface area (Å²) in [6.45, 7) is 4.73. The lowest BCUT2D eigenvalue weighted by molar-refractivity contribution is -0.127. The number of nitrogens with one attached hydrogen (secondary N) is 1. The molecule has 1 aromatic heterocycles. The fraction of sp³-hybridized carbons (Fsp3) is 0.250. The minimum Gasteiger partial charge on any atom is -0.341 e. The van der Waals surface area contributed by atoms with Crippen molar-refractivity contribution in [2.75, 3.05) is 18.1 Å².